The lowest BCUT2D eigenvalue weighted by molar-refractivity contribution is -0.121. The zero-order valence-electron chi connectivity index (χ0n) is 16.2. The Balaban J connectivity index is 1.39. The minimum atomic E-state index is -0.259. The number of carbonyl (C=O) groups excluding carboxylic acids is 1. The van der Waals surface area contributed by atoms with E-state index in [2.05, 4.69) is 47.2 Å². The molecule has 0 unspecified atom stereocenters. The molecule has 4 nitrogen and oxygen atoms in total. The van der Waals surface area contributed by atoms with Gasteiger partial charge in [0.15, 0.2) is 0 Å². The molecule has 3 rings (SSSR count). The number of nitrogens with zero attached hydrogens (tertiary/aromatic N) is 2. The van der Waals surface area contributed by atoms with Gasteiger partial charge in [-0.15, -0.1) is 0 Å². The number of aryl methyl sites for hydroxylation is 1. The Labute approximate surface area is 161 Å². The van der Waals surface area contributed by atoms with Crippen LogP contribution in [0.2, 0.25) is 0 Å². The first kappa shape index (κ1) is 19.4. The summed E-state index contributed by atoms with van der Waals surface area (Å²) in [6.45, 7) is 9.47. The molecule has 2 aromatic rings. The molecule has 0 spiro atoms. The van der Waals surface area contributed by atoms with Crippen LogP contribution in [0, 0.1) is 19.7 Å². The number of halogens is 1. The minimum absolute atomic E-state index is 0.0382. The number of anilines is 1. The normalized spacial score (nSPS) is 15.0. The Hall–Kier alpha value is -2.40. The predicted octanol–water partition coefficient (Wildman–Crippen LogP) is 3.27. The molecule has 1 saturated heterocycles. The topological polar surface area (TPSA) is 35.6 Å². The minimum Gasteiger partial charge on any atom is -0.369 e. The van der Waals surface area contributed by atoms with Crippen molar-refractivity contribution >= 4 is 11.6 Å². The molecule has 0 saturated carbocycles. The highest BCUT2D eigenvalue weighted by molar-refractivity contribution is 5.76. The highest BCUT2D eigenvalue weighted by Crippen LogP contribution is 2.23. The van der Waals surface area contributed by atoms with E-state index in [1.54, 1.807) is 12.1 Å². The summed E-state index contributed by atoms with van der Waals surface area (Å²) in [4.78, 5) is 16.9. The average Bonchev–Trinajstić information content (AvgIpc) is 2.68. The van der Waals surface area contributed by atoms with Crippen molar-refractivity contribution in [2.24, 2.45) is 0 Å². The summed E-state index contributed by atoms with van der Waals surface area (Å²) in [7, 11) is 0. The van der Waals surface area contributed by atoms with Gasteiger partial charge in [0, 0.05) is 51.4 Å². The van der Waals surface area contributed by atoms with Gasteiger partial charge in [-0.2, -0.15) is 0 Å². The Morgan fingerprint density at radius 1 is 1.04 bits per heavy atom. The molecule has 144 valence electrons. The number of amides is 1. The van der Waals surface area contributed by atoms with Crippen molar-refractivity contribution < 1.29 is 9.18 Å². The fourth-order valence-corrected chi connectivity index (χ4v) is 3.44. The van der Waals surface area contributed by atoms with E-state index < -0.39 is 0 Å². The Morgan fingerprint density at radius 3 is 2.44 bits per heavy atom. The lowest BCUT2D eigenvalue weighted by atomic mass is 10.1. The largest absolute Gasteiger partial charge is 0.369 e. The van der Waals surface area contributed by atoms with E-state index in [9.17, 15) is 9.18 Å². The molecule has 0 bridgehead atoms. The fraction of sp³-hybridized carbons (Fsp3) is 0.409. The molecule has 0 atom stereocenters. The maximum absolute atomic E-state index is 12.9. The average molecular weight is 369 g/mol. The number of carbonyl (C=O) groups is 1. The van der Waals surface area contributed by atoms with E-state index in [0.29, 0.717) is 13.0 Å². The summed E-state index contributed by atoms with van der Waals surface area (Å²) >= 11 is 0. The molecule has 1 amide bonds. The van der Waals surface area contributed by atoms with Crippen LogP contribution in [0.1, 0.15) is 23.1 Å². The van der Waals surface area contributed by atoms with E-state index in [-0.39, 0.29) is 11.7 Å². The van der Waals surface area contributed by atoms with Crippen molar-refractivity contribution in [1.82, 2.24) is 10.2 Å². The second-order valence-corrected chi connectivity index (χ2v) is 7.20. The van der Waals surface area contributed by atoms with Gasteiger partial charge in [-0.1, -0.05) is 24.3 Å². The van der Waals surface area contributed by atoms with Gasteiger partial charge in [0.2, 0.25) is 5.91 Å². The maximum Gasteiger partial charge on any atom is 0.221 e. The van der Waals surface area contributed by atoms with Crippen molar-refractivity contribution in [3.8, 4) is 0 Å². The lowest BCUT2D eigenvalue weighted by Crippen LogP contribution is -2.47. The molecule has 0 aromatic heterocycles. The van der Waals surface area contributed by atoms with Crippen LogP contribution in [0.3, 0.4) is 0 Å². The first-order chi connectivity index (χ1) is 13.0. The molecule has 27 heavy (non-hydrogen) atoms. The maximum atomic E-state index is 12.9. The third kappa shape index (κ3) is 5.30. The van der Waals surface area contributed by atoms with Crippen molar-refractivity contribution in [1.29, 1.82) is 0 Å². The van der Waals surface area contributed by atoms with Gasteiger partial charge in [-0.25, -0.2) is 4.39 Å². The van der Waals surface area contributed by atoms with Gasteiger partial charge in [0.1, 0.15) is 5.82 Å². The van der Waals surface area contributed by atoms with E-state index in [0.717, 1.165) is 38.3 Å². The van der Waals surface area contributed by atoms with Gasteiger partial charge in [0.05, 0.1) is 0 Å². The molecule has 1 aliphatic rings. The highest BCUT2D eigenvalue weighted by Gasteiger charge is 2.19. The van der Waals surface area contributed by atoms with Crippen LogP contribution < -0.4 is 10.2 Å². The summed E-state index contributed by atoms with van der Waals surface area (Å²) in [5.41, 5.74) is 4.91. The van der Waals surface area contributed by atoms with E-state index in [4.69, 9.17) is 0 Å². The van der Waals surface area contributed by atoms with Gasteiger partial charge in [0.25, 0.3) is 0 Å². The Morgan fingerprint density at radius 2 is 1.74 bits per heavy atom. The molecular weight excluding hydrogens is 341 g/mol. The van der Waals surface area contributed by atoms with Crippen molar-refractivity contribution in [3.05, 3.63) is 65.0 Å². The van der Waals surface area contributed by atoms with E-state index in [1.807, 2.05) is 0 Å². The third-order valence-electron chi connectivity index (χ3n) is 5.35. The molecule has 0 aliphatic carbocycles. The quantitative estimate of drug-likeness (QED) is 0.849. The molecule has 1 N–H and O–H groups in total. The van der Waals surface area contributed by atoms with Crippen LogP contribution in [0.4, 0.5) is 10.1 Å². The molecule has 1 heterocycles. The van der Waals surface area contributed by atoms with Crippen LogP contribution >= 0.6 is 0 Å². The summed E-state index contributed by atoms with van der Waals surface area (Å²) in [5, 5.41) is 2.91. The van der Waals surface area contributed by atoms with Crippen molar-refractivity contribution in [2.45, 2.75) is 26.8 Å². The number of piperazine rings is 1. The van der Waals surface area contributed by atoms with E-state index >= 15 is 0 Å². The molecule has 5 heteroatoms. The second kappa shape index (κ2) is 9.00. The van der Waals surface area contributed by atoms with Gasteiger partial charge >= 0.3 is 0 Å². The van der Waals surface area contributed by atoms with Crippen molar-refractivity contribution in [3.63, 3.8) is 0 Å². The van der Waals surface area contributed by atoms with Gasteiger partial charge in [-0.05, 0) is 48.7 Å². The first-order valence-electron chi connectivity index (χ1n) is 9.57. The summed E-state index contributed by atoms with van der Waals surface area (Å²) in [5.74, 6) is -0.221. The molecule has 2 aromatic carbocycles. The van der Waals surface area contributed by atoms with Crippen LogP contribution in [0.25, 0.3) is 0 Å². The molecule has 0 radical (unpaired) electrons. The monoisotopic (exact) mass is 369 g/mol. The third-order valence-corrected chi connectivity index (χ3v) is 5.35. The standard InChI is InChI=1S/C22H28FN3O/c1-17-4-3-5-21(18(17)2)26-14-12-25(13-15-26)11-10-22(27)24-16-19-6-8-20(23)9-7-19/h3-9H,10-16H2,1-2H3,(H,24,27). The molecule has 1 fully saturated rings. The Bertz CT molecular complexity index is 768. The SMILES string of the molecule is Cc1cccc(N2CCN(CCC(=O)NCc3ccc(F)cc3)CC2)c1C. The number of hydrogen-bond acceptors (Lipinski definition) is 3. The van der Waals surface area contributed by atoms with Gasteiger partial charge in [-0.3, -0.25) is 9.69 Å². The number of benzene rings is 2. The van der Waals surface area contributed by atoms with Crippen LogP contribution in [0.15, 0.2) is 42.5 Å². The van der Waals surface area contributed by atoms with Gasteiger partial charge < -0.3 is 10.2 Å². The number of rotatable bonds is 6. The van der Waals surface area contributed by atoms with Crippen molar-refractivity contribution in [2.75, 3.05) is 37.6 Å². The summed E-state index contributed by atoms with van der Waals surface area (Å²) < 4.78 is 12.9. The zero-order chi connectivity index (χ0) is 19.2. The smallest absolute Gasteiger partial charge is 0.221 e. The summed E-state index contributed by atoms with van der Waals surface area (Å²) in [6, 6.07) is 12.7. The summed E-state index contributed by atoms with van der Waals surface area (Å²) in [6.07, 6.45) is 0.491. The zero-order valence-corrected chi connectivity index (χ0v) is 16.2. The van der Waals surface area contributed by atoms with Crippen LogP contribution in [0.5, 0.6) is 0 Å². The fourth-order valence-electron chi connectivity index (χ4n) is 3.44. The van der Waals surface area contributed by atoms with E-state index in [1.165, 1.54) is 28.9 Å². The van der Waals surface area contributed by atoms with Crippen LogP contribution in [-0.2, 0) is 11.3 Å². The molecule has 1 aliphatic heterocycles. The highest BCUT2D eigenvalue weighted by atomic mass is 19.1. The Kier molecular flexibility index (Phi) is 6.45. The number of hydrogen-bond donors (Lipinski definition) is 1. The first-order valence-corrected chi connectivity index (χ1v) is 9.57. The molecular formula is C22H28FN3O. The second-order valence-electron chi connectivity index (χ2n) is 7.20. The predicted molar refractivity (Wildman–Crippen MR) is 107 cm³/mol. The van der Waals surface area contributed by atoms with Crippen LogP contribution in [-0.4, -0.2) is 43.5 Å². The lowest BCUT2D eigenvalue weighted by Gasteiger charge is -2.37. The number of nitrogens with one attached hydrogen (secondary N) is 1.